The zero-order valence-electron chi connectivity index (χ0n) is 14.2. The molecule has 19 heavy (non-hydrogen) atoms. The molecule has 0 saturated carbocycles. The summed E-state index contributed by atoms with van der Waals surface area (Å²) in [6.07, 6.45) is 1.84. The van der Waals surface area contributed by atoms with Crippen LogP contribution in [-0.4, -0.2) is 46.9 Å². The molecule has 0 atom stereocenters. The maximum absolute atomic E-state index is 12.4. The molecule has 0 aromatic carbocycles. The highest BCUT2D eigenvalue weighted by molar-refractivity contribution is 7.87. The first kappa shape index (κ1) is 15.0. The van der Waals surface area contributed by atoms with Crippen LogP contribution in [0.25, 0.3) is 0 Å². The summed E-state index contributed by atoms with van der Waals surface area (Å²) >= 11 is 0. The van der Waals surface area contributed by atoms with Gasteiger partial charge in [0.15, 0.2) is 0 Å². The fraction of sp³-hybridized carbons (Fsp3) is 0.667. The molecular formula is C12H26N2O2SSi2. The Morgan fingerprint density at radius 2 is 1.47 bits per heavy atom. The Balaban J connectivity index is 3.76. The van der Waals surface area contributed by atoms with Crippen LogP contribution in [0, 0.1) is 0 Å². The molecule has 1 aromatic heterocycles. The standard InChI is InChI=1S/C12H26N2O2SSi2/c1-13(2)17(15,16)14-9-11(18(3,4)5)12(10-14)19(6,7)8/h9-10H,1-8H3/i9D. The minimum atomic E-state index is -3.62. The molecule has 1 rings (SSSR count). The molecule has 0 aliphatic heterocycles. The van der Waals surface area contributed by atoms with E-state index in [9.17, 15) is 8.42 Å². The summed E-state index contributed by atoms with van der Waals surface area (Å²) < 4.78 is 35.4. The minimum Gasteiger partial charge on any atom is -0.241 e. The van der Waals surface area contributed by atoms with Crippen molar-refractivity contribution in [3.8, 4) is 0 Å². The highest BCUT2D eigenvalue weighted by Gasteiger charge is 2.31. The smallest absolute Gasteiger partial charge is 0.241 e. The van der Waals surface area contributed by atoms with E-state index >= 15 is 0 Å². The Morgan fingerprint density at radius 1 is 1.05 bits per heavy atom. The fourth-order valence-electron chi connectivity index (χ4n) is 1.83. The molecule has 0 unspecified atom stereocenters. The van der Waals surface area contributed by atoms with Gasteiger partial charge >= 0.3 is 10.2 Å². The molecule has 0 spiro atoms. The van der Waals surface area contributed by atoms with Crippen LogP contribution in [0.1, 0.15) is 1.37 Å². The molecular weight excluding hydrogens is 292 g/mol. The van der Waals surface area contributed by atoms with E-state index in [-0.39, 0.29) is 6.17 Å². The van der Waals surface area contributed by atoms with Crippen molar-refractivity contribution >= 4 is 36.7 Å². The van der Waals surface area contributed by atoms with Gasteiger partial charge in [-0.1, -0.05) is 39.3 Å². The minimum absolute atomic E-state index is 0.148. The third-order valence-corrected chi connectivity index (χ3v) is 8.75. The van der Waals surface area contributed by atoms with Gasteiger partial charge in [0.05, 0.1) is 17.5 Å². The van der Waals surface area contributed by atoms with E-state index in [0.29, 0.717) is 0 Å². The highest BCUT2D eigenvalue weighted by atomic mass is 32.2. The monoisotopic (exact) mass is 319 g/mol. The number of hydrogen-bond donors (Lipinski definition) is 0. The molecule has 7 heteroatoms. The summed E-state index contributed by atoms with van der Waals surface area (Å²) in [5, 5.41) is 2.09. The van der Waals surface area contributed by atoms with Crippen molar-refractivity contribution in [3.63, 3.8) is 0 Å². The third kappa shape index (κ3) is 3.39. The second-order valence-corrected chi connectivity index (χ2v) is 19.2. The van der Waals surface area contributed by atoms with E-state index in [1.807, 2.05) is 0 Å². The van der Waals surface area contributed by atoms with Crippen LogP contribution in [0.3, 0.4) is 0 Å². The van der Waals surface area contributed by atoms with Gasteiger partial charge in [-0.2, -0.15) is 12.7 Å². The molecule has 0 bridgehead atoms. The predicted octanol–water partition coefficient (Wildman–Crippen LogP) is 1.23. The predicted molar refractivity (Wildman–Crippen MR) is 88.4 cm³/mol. The normalized spacial score (nSPS) is 14.9. The van der Waals surface area contributed by atoms with Crippen LogP contribution in [0.4, 0.5) is 0 Å². The quantitative estimate of drug-likeness (QED) is 0.784. The van der Waals surface area contributed by atoms with Gasteiger partial charge in [-0.3, -0.25) is 0 Å². The van der Waals surface area contributed by atoms with Crippen molar-refractivity contribution in [3.05, 3.63) is 12.4 Å². The lowest BCUT2D eigenvalue weighted by Gasteiger charge is -2.23. The summed E-state index contributed by atoms with van der Waals surface area (Å²) in [4.78, 5) is 0. The first-order valence-corrected chi connectivity index (χ1v) is 14.8. The van der Waals surface area contributed by atoms with Crippen LogP contribution in [0.2, 0.25) is 39.3 Å². The van der Waals surface area contributed by atoms with Crippen molar-refractivity contribution in [1.29, 1.82) is 0 Å². The van der Waals surface area contributed by atoms with Gasteiger partial charge in [0.2, 0.25) is 0 Å². The summed E-state index contributed by atoms with van der Waals surface area (Å²) in [6, 6.07) is 0. The fourth-order valence-corrected chi connectivity index (χ4v) is 7.70. The van der Waals surface area contributed by atoms with Gasteiger partial charge in [0, 0.05) is 26.5 Å². The zero-order valence-corrected chi connectivity index (χ0v) is 16.0. The maximum atomic E-state index is 12.4. The highest BCUT2D eigenvalue weighted by Crippen LogP contribution is 2.10. The topological polar surface area (TPSA) is 42.3 Å². The van der Waals surface area contributed by atoms with Gasteiger partial charge in [-0.15, -0.1) is 0 Å². The summed E-state index contributed by atoms with van der Waals surface area (Å²) in [6.45, 7) is 13.1. The van der Waals surface area contributed by atoms with Gasteiger partial charge < -0.3 is 0 Å². The van der Waals surface area contributed by atoms with Crippen LogP contribution >= 0.6 is 0 Å². The SMILES string of the molecule is [2H]c1c([Si](C)(C)C)c([Si](C)(C)C)cn1S(=O)(=O)N(C)C. The number of aromatic nitrogens is 1. The van der Waals surface area contributed by atoms with Crippen molar-refractivity contribution in [1.82, 2.24) is 8.28 Å². The van der Waals surface area contributed by atoms with E-state index < -0.39 is 26.4 Å². The second kappa shape index (κ2) is 4.87. The molecule has 4 nitrogen and oxygen atoms in total. The molecule has 0 aliphatic rings. The van der Waals surface area contributed by atoms with E-state index in [2.05, 4.69) is 39.3 Å². The summed E-state index contributed by atoms with van der Waals surface area (Å²) in [5.41, 5.74) is 0. The Kier molecular flexibility index (Phi) is 3.85. The largest absolute Gasteiger partial charge is 0.306 e. The molecule has 0 aliphatic carbocycles. The average Bonchev–Trinajstić information content (AvgIpc) is 2.54. The molecule has 0 radical (unpaired) electrons. The molecule has 0 N–H and O–H groups in total. The lowest BCUT2D eigenvalue weighted by Crippen LogP contribution is -2.54. The summed E-state index contributed by atoms with van der Waals surface area (Å²) in [7, 11) is -4.11. The Morgan fingerprint density at radius 3 is 1.74 bits per heavy atom. The maximum Gasteiger partial charge on any atom is 0.306 e. The van der Waals surface area contributed by atoms with Gasteiger partial charge in [-0.05, 0) is 10.4 Å². The van der Waals surface area contributed by atoms with Crippen molar-refractivity contribution in [2.45, 2.75) is 39.3 Å². The Bertz CT molecular complexity index is 611. The molecule has 0 fully saturated rings. The summed E-state index contributed by atoms with van der Waals surface area (Å²) in [5.74, 6) is 0. The van der Waals surface area contributed by atoms with Crippen LogP contribution in [0.15, 0.2) is 12.4 Å². The van der Waals surface area contributed by atoms with Crippen molar-refractivity contribution in [2.24, 2.45) is 0 Å². The second-order valence-electron chi connectivity index (χ2n) is 7.12. The van der Waals surface area contributed by atoms with Gasteiger partial charge in [0.25, 0.3) is 0 Å². The zero-order chi connectivity index (χ0) is 16.1. The number of rotatable bonds is 4. The molecule has 0 saturated heterocycles. The molecule has 110 valence electrons. The van der Waals surface area contributed by atoms with Crippen molar-refractivity contribution in [2.75, 3.05) is 14.1 Å². The number of hydrogen-bond acceptors (Lipinski definition) is 2. The van der Waals surface area contributed by atoms with Crippen LogP contribution < -0.4 is 10.4 Å². The van der Waals surface area contributed by atoms with Crippen molar-refractivity contribution < 1.29 is 9.79 Å². The van der Waals surface area contributed by atoms with E-state index in [0.717, 1.165) is 18.7 Å². The van der Waals surface area contributed by atoms with Crippen LogP contribution in [-0.2, 0) is 10.2 Å². The first-order valence-electron chi connectivity index (χ1n) is 6.86. The van der Waals surface area contributed by atoms with Gasteiger partial charge in [-0.25, -0.2) is 3.97 Å². The van der Waals surface area contributed by atoms with E-state index in [1.165, 1.54) is 14.1 Å². The Hall–Kier alpha value is -0.376. The average molecular weight is 320 g/mol. The molecule has 0 amide bonds. The Labute approximate surface area is 121 Å². The van der Waals surface area contributed by atoms with E-state index in [4.69, 9.17) is 1.37 Å². The van der Waals surface area contributed by atoms with Gasteiger partial charge in [0.1, 0.15) is 0 Å². The third-order valence-electron chi connectivity index (χ3n) is 3.01. The lowest BCUT2D eigenvalue weighted by atomic mass is 10.6. The van der Waals surface area contributed by atoms with Crippen LogP contribution in [0.5, 0.6) is 0 Å². The molecule has 1 heterocycles. The molecule has 1 aromatic rings. The lowest BCUT2D eigenvalue weighted by molar-refractivity contribution is 0.511. The van der Waals surface area contributed by atoms with E-state index in [1.54, 1.807) is 6.20 Å². The number of nitrogens with zero attached hydrogens (tertiary/aromatic N) is 2. The first-order chi connectivity index (χ1) is 8.70.